The van der Waals surface area contributed by atoms with Crippen LogP contribution in [-0.4, -0.2) is 49.4 Å². The van der Waals surface area contributed by atoms with Crippen molar-refractivity contribution in [3.05, 3.63) is 36.9 Å². The topological polar surface area (TPSA) is 87.7 Å². The van der Waals surface area contributed by atoms with Gasteiger partial charge in [0.15, 0.2) is 0 Å². The first-order valence-electron chi connectivity index (χ1n) is 7.64. The molecule has 128 valence electrons. The standard InChI is InChI=1S/C17H21N3O4/c1-3-16(22)20-9-8-12(10-20)17(23)19-14-6-4-13(5-7-14)18-15(21)11-24-2/h3-7,12H,1,8-11H2,2H3,(H,18,21)(H,19,23). The van der Waals surface area contributed by atoms with E-state index < -0.39 is 0 Å². The lowest BCUT2D eigenvalue weighted by Gasteiger charge is -2.14. The van der Waals surface area contributed by atoms with Crippen molar-refractivity contribution >= 4 is 29.1 Å². The third kappa shape index (κ3) is 4.66. The summed E-state index contributed by atoms with van der Waals surface area (Å²) in [5.41, 5.74) is 1.26. The number of nitrogens with one attached hydrogen (secondary N) is 2. The van der Waals surface area contributed by atoms with E-state index in [4.69, 9.17) is 4.74 Å². The Balaban J connectivity index is 1.87. The van der Waals surface area contributed by atoms with Crippen molar-refractivity contribution in [3.63, 3.8) is 0 Å². The van der Waals surface area contributed by atoms with Crippen molar-refractivity contribution in [2.75, 3.05) is 37.4 Å². The van der Waals surface area contributed by atoms with Crippen molar-refractivity contribution in [2.24, 2.45) is 5.92 Å². The van der Waals surface area contributed by atoms with Gasteiger partial charge in [0.05, 0.1) is 5.92 Å². The van der Waals surface area contributed by atoms with Crippen LogP contribution in [0.2, 0.25) is 0 Å². The minimum Gasteiger partial charge on any atom is -0.375 e. The zero-order valence-corrected chi connectivity index (χ0v) is 13.6. The van der Waals surface area contributed by atoms with Gasteiger partial charge in [0.2, 0.25) is 17.7 Å². The number of hydrogen-bond acceptors (Lipinski definition) is 4. The SMILES string of the molecule is C=CC(=O)N1CCC(C(=O)Nc2ccc(NC(=O)COC)cc2)C1. The minimum atomic E-state index is -0.243. The van der Waals surface area contributed by atoms with Gasteiger partial charge >= 0.3 is 0 Å². The van der Waals surface area contributed by atoms with E-state index in [0.717, 1.165) is 0 Å². The number of hydrogen-bond donors (Lipinski definition) is 2. The first-order chi connectivity index (χ1) is 11.5. The quantitative estimate of drug-likeness (QED) is 0.768. The van der Waals surface area contributed by atoms with E-state index in [2.05, 4.69) is 17.2 Å². The number of rotatable bonds is 6. The van der Waals surface area contributed by atoms with Gasteiger partial charge in [0, 0.05) is 31.6 Å². The molecule has 0 bridgehead atoms. The van der Waals surface area contributed by atoms with Gasteiger partial charge in [-0.05, 0) is 36.8 Å². The highest BCUT2D eigenvalue weighted by Crippen LogP contribution is 2.20. The van der Waals surface area contributed by atoms with Gasteiger partial charge in [-0.3, -0.25) is 14.4 Å². The van der Waals surface area contributed by atoms with Crippen LogP contribution in [0, 0.1) is 5.92 Å². The Morgan fingerprint density at radius 2 is 1.88 bits per heavy atom. The molecule has 2 rings (SSSR count). The fourth-order valence-corrected chi connectivity index (χ4v) is 2.51. The number of ether oxygens (including phenoxy) is 1. The summed E-state index contributed by atoms with van der Waals surface area (Å²) >= 11 is 0. The van der Waals surface area contributed by atoms with Crippen LogP contribution < -0.4 is 10.6 Å². The molecular formula is C17H21N3O4. The fourth-order valence-electron chi connectivity index (χ4n) is 2.51. The molecule has 7 nitrogen and oxygen atoms in total. The number of amides is 3. The minimum absolute atomic E-state index is 0.0138. The maximum atomic E-state index is 12.3. The third-order valence-electron chi connectivity index (χ3n) is 3.76. The third-order valence-corrected chi connectivity index (χ3v) is 3.76. The molecule has 1 aromatic rings. The van der Waals surface area contributed by atoms with Crippen LogP contribution in [-0.2, 0) is 19.1 Å². The maximum Gasteiger partial charge on any atom is 0.250 e. The molecular weight excluding hydrogens is 310 g/mol. The molecule has 2 N–H and O–H groups in total. The predicted octanol–water partition coefficient (Wildman–Crippen LogP) is 1.24. The van der Waals surface area contributed by atoms with E-state index in [-0.39, 0.29) is 30.2 Å². The molecule has 0 aliphatic carbocycles. The number of nitrogens with zero attached hydrogens (tertiary/aromatic N) is 1. The molecule has 1 aliphatic rings. The molecule has 1 aromatic carbocycles. The Morgan fingerprint density at radius 1 is 1.25 bits per heavy atom. The van der Waals surface area contributed by atoms with Crippen LogP contribution in [0.1, 0.15) is 6.42 Å². The van der Waals surface area contributed by atoms with Gasteiger partial charge in [-0.2, -0.15) is 0 Å². The normalized spacial score (nSPS) is 16.5. The van der Waals surface area contributed by atoms with Gasteiger partial charge in [0.25, 0.3) is 0 Å². The summed E-state index contributed by atoms with van der Waals surface area (Å²) in [6.45, 7) is 4.41. The van der Waals surface area contributed by atoms with E-state index in [1.807, 2.05) is 0 Å². The van der Waals surface area contributed by atoms with Gasteiger partial charge in [-0.1, -0.05) is 6.58 Å². The van der Waals surface area contributed by atoms with Crippen LogP contribution in [0.3, 0.4) is 0 Å². The number of carbonyl (C=O) groups is 3. The van der Waals surface area contributed by atoms with Crippen LogP contribution in [0.4, 0.5) is 11.4 Å². The Labute approximate surface area is 140 Å². The lowest BCUT2D eigenvalue weighted by molar-refractivity contribution is -0.125. The molecule has 3 amide bonds. The lowest BCUT2D eigenvalue weighted by Crippen LogP contribution is -2.30. The zero-order chi connectivity index (χ0) is 17.5. The smallest absolute Gasteiger partial charge is 0.250 e. The molecule has 7 heteroatoms. The zero-order valence-electron chi connectivity index (χ0n) is 13.6. The van der Waals surface area contributed by atoms with Crippen molar-refractivity contribution < 1.29 is 19.1 Å². The van der Waals surface area contributed by atoms with Gasteiger partial charge in [0.1, 0.15) is 6.61 Å². The molecule has 0 spiro atoms. The average Bonchev–Trinajstić information content (AvgIpc) is 3.06. The molecule has 1 aliphatic heterocycles. The Kier molecular flexibility index (Phi) is 6.08. The number of benzene rings is 1. The molecule has 1 saturated heterocycles. The van der Waals surface area contributed by atoms with Crippen molar-refractivity contribution in [2.45, 2.75) is 6.42 Å². The highest BCUT2D eigenvalue weighted by Gasteiger charge is 2.30. The average molecular weight is 331 g/mol. The number of methoxy groups -OCH3 is 1. The molecule has 1 unspecified atom stereocenters. The highest BCUT2D eigenvalue weighted by molar-refractivity contribution is 5.95. The van der Waals surface area contributed by atoms with Crippen LogP contribution >= 0.6 is 0 Å². The van der Waals surface area contributed by atoms with Gasteiger partial charge in [-0.15, -0.1) is 0 Å². The summed E-state index contributed by atoms with van der Waals surface area (Å²) in [7, 11) is 1.45. The van der Waals surface area contributed by atoms with Crippen molar-refractivity contribution in [1.82, 2.24) is 4.90 Å². The monoisotopic (exact) mass is 331 g/mol. The largest absolute Gasteiger partial charge is 0.375 e. The van der Waals surface area contributed by atoms with Crippen molar-refractivity contribution in [1.29, 1.82) is 0 Å². The van der Waals surface area contributed by atoms with Crippen LogP contribution in [0.5, 0.6) is 0 Å². The molecule has 0 saturated carbocycles. The van der Waals surface area contributed by atoms with Crippen LogP contribution in [0.25, 0.3) is 0 Å². The van der Waals surface area contributed by atoms with E-state index in [0.29, 0.717) is 30.9 Å². The first-order valence-corrected chi connectivity index (χ1v) is 7.64. The number of carbonyl (C=O) groups excluding carboxylic acids is 3. The van der Waals surface area contributed by atoms with E-state index in [9.17, 15) is 14.4 Å². The van der Waals surface area contributed by atoms with Gasteiger partial charge in [-0.25, -0.2) is 0 Å². The lowest BCUT2D eigenvalue weighted by atomic mass is 10.1. The Morgan fingerprint density at radius 3 is 2.46 bits per heavy atom. The summed E-state index contributed by atoms with van der Waals surface area (Å²) in [6, 6.07) is 6.82. The number of anilines is 2. The highest BCUT2D eigenvalue weighted by atomic mass is 16.5. The van der Waals surface area contributed by atoms with E-state index >= 15 is 0 Å². The number of likely N-dealkylation sites (tertiary alicyclic amines) is 1. The summed E-state index contributed by atoms with van der Waals surface area (Å²) in [5, 5.41) is 5.50. The summed E-state index contributed by atoms with van der Waals surface area (Å²) in [5.74, 6) is -0.741. The Hall–Kier alpha value is -2.67. The fraction of sp³-hybridized carbons (Fsp3) is 0.353. The molecule has 1 atom stereocenters. The second kappa shape index (κ2) is 8.26. The maximum absolute atomic E-state index is 12.3. The van der Waals surface area contributed by atoms with E-state index in [1.54, 1.807) is 29.2 Å². The van der Waals surface area contributed by atoms with E-state index in [1.165, 1.54) is 13.2 Å². The molecule has 1 fully saturated rings. The Bertz CT molecular complexity index is 627. The summed E-state index contributed by atoms with van der Waals surface area (Å²) in [6.07, 6.45) is 1.90. The molecule has 0 aromatic heterocycles. The summed E-state index contributed by atoms with van der Waals surface area (Å²) < 4.78 is 4.74. The van der Waals surface area contributed by atoms with Gasteiger partial charge < -0.3 is 20.3 Å². The molecule has 0 radical (unpaired) electrons. The summed E-state index contributed by atoms with van der Waals surface area (Å²) in [4.78, 5) is 36.8. The molecule has 1 heterocycles. The predicted molar refractivity (Wildman–Crippen MR) is 90.5 cm³/mol. The second-order valence-electron chi connectivity index (χ2n) is 5.52. The first kappa shape index (κ1) is 17.7. The molecule has 24 heavy (non-hydrogen) atoms. The van der Waals surface area contributed by atoms with Crippen molar-refractivity contribution in [3.8, 4) is 0 Å². The second-order valence-corrected chi connectivity index (χ2v) is 5.52. The van der Waals surface area contributed by atoms with Crippen LogP contribution in [0.15, 0.2) is 36.9 Å².